The van der Waals surface area contributed by atoms with Crippen molar-refractivity contribution in [3.63, 3.8) is 0 Å². The van der Waals surface area contributed by atoms with Crippen LogP contribution in [0.2, 0.25) is 0 Å². The number of imidazole rings is 1. The van der Waals surface area contributed by atoms with Gasteiger partial charge in [0.1, 0.15) is 5.82 Å². The maximum atomic E-state index is 5.47. The van der Waals surface area contributed by atoms with E-state index in [0.717, 1.165) is 18.9 Å². The van der Waals surface area contributed by atoms with E-state index < -0.39 is 0 Å². The van der Waals surface area contributed by atoms with Crippen LogP contribution < -0.4 is 5.32 Å². The van der Waals surface area contributed by atoms with Gasteiger partial charge < -0.3 is 14.6 Å². The minimum atomic E-state index is 0.156. The van der Waals surface area contributed by atoms with E-state index in [4.69, 9.17) is 4.74 Å². The number of aromatic nitrogens is 2. The molecule has 0 aliphatic rings. The predicted octanol–water partition coefficient (Wildman–Crippen LogP) is 1.57. The van der Waals surface area contributed by atoms with Crippen molar-refractivity contribution in [2.45, 2.75) is 33.4 Å². The third kappa shape index (κ3) is 3.61. The Kier molecular flexibility index (Phi) is 4.50. The smallest absolute Gasteiger partial charge is 0.122 e. The summed E-state index contributed by atoms with van der Waals surface area (Å²) in [6.45, 7) is 8.17. The molecule has 4 heteroatoms. The van der Waals surface area contributed by atoms with Gasteiger partial charge in [-0.1, -0.05) is 20.8 Å². The number of aryl methyl sites for hydroxylation is 1. The molecule has 1 atom stereocenters. The maximum absolute atomic E-state index is 5.47. The first-order valence-electron chi connectivity index (χ1n) is 5.65. The van der Waals surface area contributed by atoms with E-state index >= 15 is 0 Å². The number of nitrogens with one attached hydrogen (secondary N) is 1. The Hall–Kier alpha value is -0.870. The molecule has 0 bridgehead atoms. The number of nitrogens with zero attached hydrogens (tertiary/aromatic N) is 2. The summed E-state index contributed by atoms with van der Waals surface area (Å²) in [7, 11) is 3.76. The molecule has 0 amide bonds. The van der Waals surface area contributed by atoms with E-state index in [-0.39, 0.29) is 11.5 Å². The lowest BCUT2D eigenvalue weighted by atomic mass is 9.89. The second kappa shape index (κ2) is 5.46. The van der Waals surface area contributed by atoms with Crippen LogP contribution in [0.25, 0.3) is 0 Å². The average Bonchev–Trinajstić information content (AvgIpc) is 2.57. The quantitative estimate of drug-likeness (QED) is 0.826. The number of hydrogen-bond donors (Lipinski definition) is 1. The Bertz CT molecular complexity index is 314. The number of ether oxygens (including phenoxy) is 1. The molecule has 1 unspecified atom stereocenters. The highest BCUT2D eigenvalue weighted by Gasteiger charge is 2.23. The Morgan fingerprint density at radius 1 is 1.50 bits per heavy atom. The highest BCUT2D eigenvalue weighted by molar-refractivity contribution is 4.90. The van der Waals surface area contributed by atoms with E-state index in [1.165, 1.54) is 0 Å². The molecule has 0 aliphatic heterocycles. The molecular formula is C12H23N3O. The fourth-order valence-corrected chi connectivity index (χ4v) is 1.62. The van der Waals surface area contributed by atoms with Gasteiger partial charge in [0.05, 0.1) is 12.6 Å². The van der Waals surface area contributed by atoms with E-state index in [2.05, 4.69) is 31.1 Å². The topological polar surface area (TPSA) is 39.1 Å². The lowest BCUT2D eigenvalue weighted by Crippen LogP contribution is -2.38. The molecule has 1 aromatic rings. The Balaban J connectivity index is 2.37. The minimum Gasteiger partial charge on any atom is -0.380 e. The molecule has 92 valence electrons. The van der Waals surface area contributed by atoms with Crippen LogP contribution in [0.4, 0.5) is 0 Å². The van der Waals surface area contributed by atoms with Gasteiger partial charge in [0, 0.05) is 33.1 Å². The van der Waals surface area contributed by atoms with Gasteiger partial charge in [0.25, 0.3) is 0 Å². The molecule has 0 saturated heterocycles. The number of hydrogen-bond acceptors (Lipinski definition) is 3. The van der Waals surface area contributed by atoms with Crippen LogP contribution in [0.1, 0.15) is 26.6 Å². The van der Waals surface area contributed by atoms with Crippen LogP contribution in [-0.2, 0) is 18.3 Å². The fourth-order valence-electron chi connectivity index (χ4n) is 1.62. The Morgan fingerprint density at radius 2 is 2.19 bits per heavy atom. The van der Waals surface area contributed by atoms with Crippen molar-refractivity contribution < 1.29 is 4.74 Å². The van der Waals surface area contributed by atoms with Crippen molar-refractivity contribution >= 4 is 0 Å². The van der Waals surface area contributed by atoms with Gasteiger partial charge in [-0.15, -0.1) is 0 Å². The maximum Gasteiger partial charge on any atom is 0.122 e. The first-order chi connectivity index (χ1) is 7.45. The van der Waals surface area contributed by atoms with E-state index in [9.17, 15) is 0 Å². The Morgan fingerprint density at radius 3 is 2.62 bits per heavy atom. The molecule has 4 nitrogen and oxygen atoms in total. The van der Waals surface area contributed by atoms with Crippen molar-refractivity contribution in [1.29, 1.82) is 0 Å². The van der Waals surface area contributed by atoms with Crippen LogP contribution in [0.3, 0.4) is 0 Å². The lowest BCUT2D eigenvalue weighted by molar-refractivity contribution is 0.0172. The molecule has 0 saturated carbocycles. The van der Waals surface area contributed by atoms with Crippen molar-refractivity contribution in [3.05, 3.63) is 18.2 Å². The van der Waals surface area contributed by atoms with Gasteiger partial charge in [0.15, 0.2) is 0 Å². The molecule has 0 radical (unpaired) electrons. The molecular weight excluding hydrogens is 202 g/mol. The van der Waals surface area contributed by atoms with E-state index in [0.29, 0.717) is 0 Å². The van der Waals surface area contributed by atoms with Crippen LogP contribution >= 0.6 is 0 Å². The summed E-state index contributed by atoms with van der Waals surface area (Å²) in [5, 5.41) is 3.38. The number of methoxy groups -OCH3 is 1. The monoisotopic (exact) mass is 225 g/mol. The Labute approximate surface area is 98.0 Å². The van der Waals surface area contributed by atoms with Crippen molar-refractivity contribution in [2.75, 3.05) is 13.7 Å². The van der Waals surface area contributed by atoms with Gasteiger partial charge in [0.2, 0.25) is 0 Å². The zero-order valence-corrected chi connectivity index (χ0v) is 10.9. The van der Waals surface area contributed by atoms with Crippen LogP contribution in [0.5, 0.6) is 0 Å². The summed E-state index contributed by atoms with van der Waals surface area (Å²) < 4.78 is 7.49. The third-order valence-corrected chi connectivity index (χ3v) is 2.78. The molecule has 16 heavy (non-hydrogen) atoms. The van der Waals surface area contributed by atoms with E-state index in [1.54, 1.807) is 7.11 Å². The van der Waals surface area contributed by atoms with Crippen molar-refractivity contribution in [1.82, 2.24) is 14.9 Å². The second-order valence-corrected chi connectivity index (χ2v) is 5.18. The SMILES string of the molecule is COC(CNCc1nccn1C)C(C)(C)C. The lowest BCUT2D eigenvalue weighted by Gasteiger charge is -2.29. The standard InChI is InChI=1S/C12H23N3O/c1-12(2,3)10(16-5)8-13-9-11-14-6-7-15(11)4/h6-7,10,13H,8-9H2,1-5H3. The summed E-state index contributed by atoms with van der Waals surface area (Å²) in [4.78, 5) is 4.26. The highest BCUT2D eigenvalue weighted by Crippen LogP contribution is 2.20. The summed E-state index contributed by atoms with van der Waals surface area (Å²) in [6.07, 6.45) is 3.98. The normalized spacial score (nSPS) is 14.1. The largest absolute Gasteiger partial charge is 0.380 e. The van der Waals surface area contributed by atoms with Crippen LogP contribution in [-0.4, -0.2) is 29.3 Å². The summed E-state index contributed by atoms with van der Waals surface area (Å²) >= 11 is 0. The van der Waals surface area contributed by atoms with Gasteiger partial charge >= 0.3 is 0 Å². The molecule has 0 aromatic carbocycles. The van der Waals surface area contributed by atoms with Gasteiger partial charge in [-0.2, -0.15) is 0 Å². The summed E-state index contributed by atoms with van der Waals surface area (Å²) in [5.41, 5.74) is 0.156. The molecule has 1 heterocycles. The van der Waals surface area contributed by atoms with Crippen molar-refractivity contribution in [3.8, 4) is 0 Å². The molecule has 1 aromatic heterocycles. The molecule has 0 spiro atoms. The first kappa shape index (κ1) is 13.2. The molecule has 1 rings (SSSR count). The first-order valence-corrected chi connectivity index (χ1v) is 5.65. The fraction of sp³-hybridized carbons (Fsp3) is 0.750. The summed E-state index contributed by atoms with van der Waals surface area (Å²) in [5.74, 6) is 1.05. The van der Waals surface area contributed by atoms with Gasteiger partial charge in [-0.25, -0.2) is 4.98 Å². The average molecular weight is 225 g/mol. The number of rotatable bonds is 5. The van der Waals surface area contributed by atoms with Gasteiger partial charge in [-0.3, -0.25) is 0 Å². The van der Waals surface area contributed by atoms with Crippen LogP contribution in [0.15, 0.2) is 12.4 Å². The zero-order chi connectivity index (χ0) is 12.2. The van der Waals surface area contributed by atoms with E-state index in [1.807, 2.05) is 24.0 Å². The molecule has 1 N–H and O–H groups in total. The molecule has 0 aliphatic carbocycles. The van der Waals surface area contributed by atoms with Crippen LogP contribution in [0, 0.1) is 5.41 Å². The third-order valence-electron chi connectivity index (χ3n) is 2.78. The summed E-state index contributed by atoms with van der Waals surface area (Å²) in [6, 6.07) is 0. The van der Waals surface area contributed by atoms with Gasteiger partial charge in [-0.05, 0) is 5.41 Å². The highest BCUT2D eigenvalue weighted by atomic mass is 16.5. The second-order valence-electron chi connectivity index (χ2n) is 5.18. The predicted molar refractivity (Wildman–Crippen MR) is 65.2 cm³/mol. The zero-order valence-electron chi connectivity index (χ0n) is 10.9. The molecule has 0 fully saturated rings. The van der Waals surface area contributed by atoms with Crippen molar-refractivity contribution in [2.24, 2.45) is 12.5 Å². The minimum absolute atomic E-state index is 0.156.